The summed E-state index contributed by atoms with van der Waals surface area (Å²) < 4.78 is 5.66. The lowest BCUT2D eigenvalue weighted by Gasteiger charge is -2.23. The fraction of sp³-hybridized carbons (Fsp3) is 0.424. The van der Waals surface area contributed by atoms with Crippen molar-refractivity contribution in [2.45, 2.75) is 69.7 Å². The Morgan fingerprint density at radius 3 is 2.44 bits per heavy atom. The molecule has 5 N–H and O–H groups in total. The van der Waals surface area contributed by atoms with E-state index in [-0.39, 0.29) is 24.0 Å². The van der Waals surface area contributed by atoms with Crippen molar-refractivity contribution in [3.05, 3.63) is 83.6 Å². The molecule has 12 nitrogen and oxygen atoms in total. The molecule has 2 aliphatic rings. The molecule has 0 unspecified atom stereocenters. The van der Waals surface area contributed by atoms with Gasteiger partial charge in [-0.25, -0.2) is 4.98 Å². The minimum atomic E-state index is -1.20. The summed E-state index contributed by atoms with van der Waals surface area (Å²) in [4.78, 5) is 59.5. The Kier molecular flexibility index (Phi) is 10.5. The molecule has 3 heterocycles. The minimum Gasteiger partial charge on any atom is -0.446 e. The van der Waals surface area contributed by atoms with Gasteiger partial charge in [0.15, 0.2) is 5.69 Å². The Hall–Kier alpha value is -4.71. The molecule has 5 rings (SSSR count). The van der Waals surface area contributed by atoms with Crippen LogP contribution in [0.15, 0.2) is 65.3 Å². The average Bonchev–Trinajstić information content (AvgIpc) is 3.76. The average molecular weight is 617 g/mol. The number of hydrogen-bond acceptors (Lipinski definition) is 8. The molecule has 1 saturated heterocycles. The Morgan fingerprint density at radius 2 is 1.73 bits per heavy atom. The molecular weight excluding hydrogens is 576 g/mol. The van der Waals surface area contributed by atoms with Crippen LogP contribution in [-0.2, 0) is 16.0 Å². The van der Waals surface area contributed by atoms with E-state index in [0.717, 1.165) is 43.4 Å². The maximum Gasteiger partial charge on any atom is 0.273 e. The van der Waals surface area contributed by atoms with Gasteiger partial charge in [0.2, 0.25) is 17.7 Å². The van der Waals surface area contributed by atoms with Crippen LogP contribution >= 0.6 is 0 Å². The van der Waals surface area contributed by atoms with Crippen molar-refractivity contribution in [3.8, 4) is 0 Å². The Bertz CT molecular complexity index is 1470. The van der Waals surface area contributed by atoms with Crippen LogP contribution in [0.5, 0.6) is 0 Å². The molecule has 2 bridgehead atoms. The first-order chi connectivity index (χ1) is 21.8. The van der Waals surface area contributed by atoms with E-state index in [1.807, 2.05) is 42.5 Å². The van der Waals surface area contributed by atoms with E-state index in [4.69, 9.17) is 4.42 Å². The summed E-state index contributed by atoms with van der Waals surface area (Å²) in [5.74, 6) is -1.96. The van der Waals surface area contributed by atoms with Gasteiger partial charge in [-0.3, -0.25) is 19.2 Å². The second kappa shape index (κ2) is 14.8. The summed E-state index contributed by atoms with van der Waals surface area (Å²) in [6.45, 7) is 3.65. The third-order valence-corrected chi connectivity index (χ3v) is 8.14. The van der Waals surface area contributed by atoms with Gasteiger partial charge in [-0.05, 0) is 68.9 Å². The number of carbonyl (C=O) groups is 4. The van der Waals surface area contributed by atoms with Gasteiger partial charge in [-0.2, -0.15) is 0 Å². The summed E-state index contributed by atoms with van der Waals surface area (Å²) in [5.41, 5.74) is 2.30. The quantitative estimate of drug-likeness (QED) is 0.281. The predicted molar refractivity (Wildman–Crippen MR) is 166 cm³/mol. The molecule has 4 amide bonds. The summed E-state index contributed by atoms with van der Waals surface area (Å²) >= 11 is 0. The Labute approximate surface area is 262 Å². The fourth-order valence-corrected chi connectivity index (χ4v) is 5.60. The lowest BCUT2D eigenvalue weighted by molar-refractivity contribution is -0.125. The second-order valence-electron chi connectivity index (χ2n) is 11.6. The van der Waals surface area contributed by atoms with Gasteiger partial charge in [0.1, 0.15) is 24.4 Å². The first kappa shape index (κ1) is 31.7. The van der Waals surface area contributed by atoms with Crippen LogP contribution in [0.1, 0.15) is 77.4 Å². The maximum absolute atomic E-state index is 13.8. The lowest BCUT2D eigenvalue weighted by Crippen LogP contribution is -2.52. The molecule has 0 radical (unpaired) electrons. The number of aliphatic hydroxyl groups excluding tert-OH is 1. The van der Waals surface area contributed by atoms with Crippen LogP contribution < -0.4 is 26.2 Å². The highest BCUT2D eigenvalue weighted by Gasteiger charge is 2.30. The molecule has 1 aromatic heterocycles. The zero-order valence-electron chi connectivity index (χ0n) is 25.3. The molecule has 0 spiro atoms. The number of carbonyl (C=O) groups excluding carboxylic acids is 4. The third kappa shape index (κ3) is 8.27. The Balaban J connectivity index is 1.39. The maximum atomic E-state index is 13.8. The summed E-state index contributed by atoms with van der Waals surface area (Å²) in [7, 11) is 0. The lowest BCUT2D eigenvalue weighted by atomic mass is 10.0. The molecule has 2 aromatic carbocycles. The van der Waals surface area contributed by atoms with E-state index in [1.54, 1.807) is 12.1 Å². The molecule has 0 aliphatic carbocycles. The number of anilines is 1. The zero-order valence-corrected chi connectivity index (χ0v) is 25.3. The van der Waals surface area contributed by atoms with Crippen molar-refractivity contribution in [1.29, 1.82) is 0 Å². The molecule has 0 saturated carbocycles. The van der Waals surface area contributed by atoms with Crippen LogP contribution in [0.25, 0.3) is 0 Å². The number of aliphatic hydroxyl groups is 1. The molecule has 1 fully saturated rings. The zero-order chi connectivity index (χ0) is 31.8. The standard InChI is InChI=1S/C33H40N6O6/c1-21(40)28-32(44)34-16-6-5-11-25(35-29(41)23-12-14-24(15-13-23)39-17-7-8-18-39)30(42)36-26(19-22-9-3-2-4-10-22)33-37-27(20-45-33)31(43)38-28/h2-4,9-10,12-15,20-21,25-26,28,40H,5-8,11,16-19H2,1H3,(H,34,44)(H,35,41)(H,36,42)(H,38,43)/t21-,25+,26+,28+/m1/s1. The third-order valence-electron chi connectivity index (χ3n) is 8.14. The SMILES string of the molecule is C[C@@H](O)[C@@H]1NC(=O)c2coc(n2)[C@H](Cc2ccccc2)NC(=O)[C@@H](NC(=O)c2ccc(N3CCCC3)cc2)CCCCNC1=O. The number of nitrogens with zero attached hydrogens (tertiary/aromatic N) is 2. The highest BCUT2D eigenvalue weighted by atomic mass is 16.3. The van der Waals surface area contributed by atoms with Crippen molar-refractivity contribution in [3.63, 3.8) is 0 Å². The molecule has 4 atom stereocenters. The smallest absolute Gasteiger partial charge is 0.273 e. The largest absolute Gasteiger partial charge is 0.446 e. The van der Waals surface area contributed by atoms with Crippen LogP contribution in [0.4, 0.5) is 5.69 Å². The van der Waals surface area contributed by atoms with Gasteiger partial charge in [-0.1, -0.05) is 30.3 Å². The van der Waals surface area contributed by atoms with E-state index in [1.165, 1.54) is 6.92 Å². The normalized spacial score (nSPS) is 22.2. The van der Waals surface area contributed by atoms with Crippen LogP contribution in [0.3, 0.4) is 0 Å². The number of fused-ring (bicyclic) bond motifs is 2. The molecule has 238 valence electrons. The molecule has 12 heteroatoms. The summed E-state index contributed by atoms with van der Waals surface area (Å²) in [5, 5.41) is 21.3. The topological polar surface area (TPSA) is 166 Å². The van der Waals surface area contributed by atoms with E-state index < -0.39 is 42.0 Å². The van der Waals surface area contributed by atoms with Crippen LogP contribution in [0.2, 0.25) is 0 Å². The highest BCUT2D eigenvalue weighted by Crippen LogP contribution is 2.22. The second-order valence-corrected chi connectivity index (χ2v) is 11.6. The van der Waals surface area contributed by atoms with Crippen molar-refractivity contribution in [1.82, 2.24) is 26.3 Å². The van der Waals surface area contributed by atoms with Gasteiger partial charge in [0.25, 0.3) is 11.8 Å². The number of aromatic nitrogens is 1. The molecule has 2 aliphatic heterocycles. The van der Waals surface area contributed by atoms with E-state index in [2.05, 4.69) is 31.2 Å². The van der Waals surface area contributed by atoms with Crippen molar-refractivity contribution < 1.29 is 28.7 Å². The van der Waals surface area contributed by atoms with Gasteiger partial charge in [0, 0.05) is 37.3 Å². The summed E-state index contributed by atoms with van der Waals surface area (Å²) in [6, 6.07) is 14.0. The number of amides is 4. The fourth-order valence-electron chi connectivity index (χ4n) is 5.60. The summed E-state index contributed by atoms with van der Waals surface area (Å²) in [6.07, 6.45) is 3.92. The van der Waals surface area contributed by atoms with Gasteiger partial charge < -0.3 is 35.7 Å². The van der Waals surface area contributed by atoms with Gasteiger partial charge in [-0.15, -0.1) is 0 Å². The number of nitrogens with one attached hydrogen (secondary N) is 4. The van der Waals surface area contributed by atoms with Gasteiger partial charge in [0.05, 0.1) is 6.10 Å². The van der Waals surface area contributed by atoms with Crippen molar-refractivity contribution in [2.75, 3.05) is 24.5 Å². The molecule has 3 aromatic rings. The first-order valence-electron chi connectivity index (χ1n) is 15.5. The monoisotopic (exact) mass is 616 g/mol. The number of oxazole rings is 1. The Morgan fingerprint density at radius 1 is 1.00 bits per heavy atom. The minimum absolute atomic E-state index is 0.0880. The highest BCUT2D eigenvalue weighted by molar-refractivity contribution is 5.98. The van der Waals surface area contributed by atoms with E-state index >= 15 is 0 Å². The van der Waals surface area contributed by atoms with Gasteiger partial charge >= 0.3 is 0 Å². The van der Waals surface area contributed by atoms with Crippen molar-refractivity contribution in [2.24, 2.45) is 0 Å². The van der Waals surface area contributed by atoms with Crippen LogP contribution in [-0.4, -0.2) is 71.5 Å². The number of benzene rings is 2. The molecule has 45 heavy (non-hydrogen) atoms. The van der Waals surface area contributed by atoms with E-state index in [0.29, 0.717) is 31.2 Å². The van der Waals surface area contributed by atoms with Crippen LogP contribution in [0, 0.1) is 0 Å². The predicted octanol–water partition coefficient (Wildman–Crippen LogP) is 2.25. The van der Waals surface area contributed by atoms with Crippen molar-refractivity contribution >= 4 is 29.3 Å². The molecular formula is C33H40N6O6. The first-order valence-corrected chi connectivity index (χ1v) is 15.5. The van der Waals surface area contributed by atoms with E-state index in [9.17, 15) is 24.3 Å². The number of rotatable bonds is 6. The number of hydrogen-bond donors (Lipinski definition) is 5.